The van der Waals surface area contributed by atoms with Crippen molar-refractivity contribution in [3.8, 4) is 11.6 Å². The molecule has 2 atom stereocenters. The van der Waals surface area contributed by atoms with Gasteiger partial charge in [-0.2, -0.15) is 26.3 Å². The Balaban J connectivity index is 2.22. The van der Waals surface area contributed by atoms with Crippen molar-refractivity contribution >= 4 is 11.5 Å². The van der Waals surface area contributed by atoms with Gasteiger partial charge in [0, 0.05) is 0 Å². The van der Waals surface area contributed by atoms with Crippen LogP contribution in [0.2, 0.25) is 0 Å². The first-order valence-electron chi connectivity index (χ1n) is 9.60. The molecule has 2 aromatic heterocycles. The lowest BCUT2D eigenvalue weighted by Gasteiger charge is -2.31. The van der Waals surface area contributed by atoms with Crippen molar-refractivity contribution in [1.29, 1.82) is 0 Å². The first-order chi connectivity index (χ1) is 14.7. The fourth-order valence-corrected chi connectivity index (χ4v) is 3.41. The average Bonchev–Trinajstić information content (AvgIpc) is 3.16. The number of pyridine rings is 1. The number of fused-ring (bicyclic) bond motifs is 5. The van der Waals surface area contributed by atoms with Crippen LogP contribution in [-0.4, -0.2) is 43.7 Å². The minimum atomic E-state index is -5.15. The number of hydrogen-bond acceptors (Lipinski definition) is 8. The Kier molecular flexibility index (Phi) is 6.06. The Labute approximate surface area is 177 Å². The van der Waals surface area contributed by atoms with Crippen molar-refractivity contribution < 1.29 is 41.0 Å². The number of anilines is 2. The van der Waals surface area contributed by atoms with Crippen LogP contribution in [0.4, 0.5) is 37.8 Å². The van der Waals surface area contributed by atoms with Crippen molar-refractivity contribution in [3.05, 3.63) is 17.5 Å². The number of aromatic nitrogens is 3. The van der Waals surface area contributed by atoms with Gasteiger partial charge >= 0.3 is 12.4 Å². The molecule has 1 aliphatic rings. The molecular weight excluding hydrogens is 448 g/mol. The Morgan fingerprint density at radius 1 is 1.12 bits per heavy atom. The van der Waals surface area contributed by atoms with E-state index in [9.17, 15) is 36.6 Å². The van der Waals surface area contributed by atoms with Crippen LogP contribution in [0.5, 0.6) is 0 Å². The summed E-state index contributed by atoms with van der Waals surface area (Å²) >= 11 is 0. The van der Waals surface area contributed by atoms with Crippen molar-refractivity contribution in [2.24, 2.45) is 0 Å². The van der Waals surface area contributed by atoms with Crippen LogP contribution in [-0.2, 0) is 11.8 Å². The zero-order valence-electron chi connectivity index (χ0n) is 16.8. The van der Waals surface area contributed by atoms with Gasteiger partial charge in [0.05, 0.1) is 23.4 Å². The second-order valence-electron chi connectivity index (χ2n) is 7.99. The maximum atomic E-state index is 13.6. The van der Waals surface area contributed by atoms with Crippen molar-refractivity contribution in [1.82, 2.24) is 15.2 Å². The number of alkyl halides is 6. The molecule has 178 valence electrons. The minimum Gasteiger partial charge on any atom is -0.416 e. The molecule has 3 heterocycles. The SMILES string of the molecule is CC1(CO)CCCCC[C@](O)(C(F)(F)F)c2nnc(o2)-c2nc(c(C(F)(F)F)cc2N)N1. The highest BCUT2D eigenvalue weighted by molar-refractivity contribution is 5.71. The van der Waals surface area contributed by atoms with Gasteiger partial charge in [0.25, 0.3) is 11.8 Å². The van der Waals surface area contributed by atoms with E-state index in [1.807, 2.05) is 0 Å². The zero-order valence-corrected chi connectivity index (χ0v) is 16.8. The van der Waals surface area contributed by atoms with Crippen LogP contribution in [0.25, 0.3) is 11.6 Å². The van der Waals surface area contributed by atoms with Gasteiger partial charge in [0.15, 0.2) is 5.69 Å². The van der Waals surface area contributed by atoms with Crippen molar-refractivity contribution in [3.63, 3.8) is 0 Å². The zero-order chi connectivity index (χ0) is 23.9. The number of hydrogen-bond donors (Lipinski definition) is 4. The van der Waals surface area contributed by atoms with Gasteiger partial charge in [-0.25, -0.2) is 4.98 Å². The molecule has 2 aromatic rings. The van der Waals surface area contributed by atoms with Crippen molar-refractivity contribution in [2.75, 3.05) is 17.7 Å². The van der Waals surface area contributed by atoms with Gasteiger partial charge < -0.3 is 25.7 Å². The molecule has 3 rings (SSSR count). The molecule has 5 N–H and O–H groups in total. The van der Waals surface area contributed by atoms with Crippen molar-refractivity contribution in [2.45, 2.75) is 62.5 Å². The lowest BCUT2D eigenvalue weighted by molar-refractivity contribution is -0.277. The standard InChI is InChI=1S/C18H21F6N5O3/c1-15(8-30)5-3-2-4-6-16(31,18(22,23)24)14-29-28-13(32-14)11-10(25)7-9(17(19,20)21)12(26-11)27-15/h7,30-31H,2-6,8,25H2,1H3,(H,26,27)/t15?,16-/m1/s1. The smallest absolute Gasteiger partial charge is 0.416 e. The molecule has 32 heavy (non-hydrogen) atoms. The summed E-state index contributed by atoms with van der Waals surface area (Å²) in [6.07, 6.45) is -10.4. The Morgan fingerprint density at radius 3 is 2.38 bits per heavy atom. The maximum absolute atomic E-state index is 13.6. The molecule has 4 bridgehead atoms. The second kappa shape index (κ2) is 8.06. The minimum absolute atomic E-state index is 0.102. The topological polar surface area (TPSA) is 130 Å². The quantitative estimate of drug-likeness (QED) is 0.466. The molecule has 8 nitrogen and oxygen atoms in total. The number of nitrogens with zero attached hydrogens (tertiary/aromatic N) is 3. The molecular formula is C18H21F6N5O3. The third-order valence-electron chi connectivity index (χ3n) is 5.34. The van der Waals surface area contributed by atoms with Gasteiger partial charge in [-0.1, -0.05) is 12.8 Å². The Morgan fingerprint density at radius 2 is 1.78 bits per heavy atom. The highest BCUT2D eigenvalue weighted by Crippen LogP contribution is 2.44. The second-order valence-corrected chi connectivity index (χ2v) is 7.99. The van der Waals surface area contributed by atoms with E-state index in [1.54, 1.807) is 0 Å². The summed E-state index contributed by atoms with van der Waals surface area (Å²) in [5, 5.41) is 29.4. The number of nitrogens with one attached hydrogen (secondary N) is 1. The molecule has 14 heteroatoms. The molecule has 0 spiro atoms. The predicted molar refractivity (Wildman–Crippen MR) is 99.1 cm³/mol. The normalized spacial score (nSPS) is 25.2. The van der Waals surface area contributed by atoms with E-state index in [0.29, 0.717) is 6.07 Å². The fraction of sp³-hybridized carbons (Fsp3) is 0.611. The van der Waals surface area contributed by atoms with Crippen LogP contribution >= 0.6 is 0 Å². The number of halogens is 6. The average molecular weight is 469 g/mol. The lowest BCUT2D eigenvalue weighted by Crippen LogP contribution is -2.42. The molecule has 0 aliphatic carbocycles. The van der Waals surface area contributed by atoms with Crippen LogP contribution in [0.15, 0.2) is 10.5 Å². The van der Waals surface area contributed by atoms with Gasteiger partial charge in [-0.15, -0.1) is 10.2 Å². The summed E-state index contributed by atoms with van der Waals surface area (Å²) in [5.74, 6) is -2.56. The first-order valence-corrected chi connectivity index (χ1v) is 9.60. The molecule has 0 saturated carbocycles. The number of aliphatic hydroxyl groups is 2. The van der Waals surface area contributed by atoms with E-state index >= 15 is 0 Å². The number of nitrogens with two attached hydrogens (primary N) is 1. The highest BCUT2D eigenvalue weighted by atomic mass is 19.4. The van der Waals surface area contributed by atoms with Crippen LogP contribution in [0, 0.1) is 0 Å². The predicted octanol–water partition coefficient (Wildman–Crippen LogP) is 3.61. The largest absolute Gasteiger partial charge is 0.426 e. The van der Waals surface area contributed by atoms with Crippen LogP contribution in [0.3, 0.4) is 0 Å². The Hall–Kier alpha value is -2.61. The number of rotatable bonds is 1. The summed E-state index contributed by atoms with van der Waals surface area (Å²) in [4.78, 5) is 3.80. The van der Waals surface area contributed by atoms with E-state index in [1.165, 1.54) is 6.92 Å². The highest BCUT2D eigenvalue weighted by Gasteiger charge is 2.58. The lowest BCUT2D eigenvalue weighted by atomic mass is 9.91. The van der Waals surface area contributed by atoms with E-state index in [4.69, 9.17) is 10.2 Å². The van der Waals surface area contributed by atoms with Crippen LogP contribution in [0.1, 0.15) is 50.5 Å². The van der Waals surface area contributed by atoms with Gasteiger partial charge in [0.2, 0.25) is 5.60 Å². The number of nitrogen functional groups attached to an aromatic ring is 1. The van der Waals surface area contributed by atoms with E-state index in [-0.39, 0.29) is 25.7 Å². The Bertz CT molecular complexity index is 979. The summed E-state index contributed by atoms with van der Waals surface area (Å²) in [7, 11) is 0. The third-order valence-corrected chi connectivity index (χ3v) is 5.34. The van der Waals surface area contributed by atoms with E-state index in [2.05, 4.69) is 20.5 Å². The van der Waals surface area contributed by atoms with Gasteiger partial charge in [-0.05, 0) is 32.3 Å². The molecule has 0 saturated heterocycles. The molecule has 0 aromatic carbocycles. The fourth-order valence-electron chi connectivity index (χ4n) is 3.41. The summed E-state index contributed by atoms with van der Waals surface area (Å²) in [6, 6.07) is 0.536. The monoisotopic (exact) mass is 469 g/mol. The van der Waals surface area contributed by atoms with Gasteiger partial charge in [0.1, 0.15) is 5.82 Å². The first kappa shape index (κ1) is 24.0. The third kappa shape index (κ3) is 4.46. The molecule has 0 amide bonds. The summed E-state index contributed by atoms with van der Waals surface area (Å²) < 4.78 is 86.7. The van der Waals surface area contributed by atoms with Gasteiger partial charge in [-0.3, -0.25) is 0 Å². The molecule has 0 fully saturated rings. The summed E-state index contributed by atoms with van der Waals surface area (Å²) in [5.41, 5.74) is -1.37. The van der Waals surface area contributed by atoms with E-state index in [0.717, 1.165) is 0 Å². The number of aliphatic hydroxyl groups excluding tert-OH is 1. The molecule has 1 aliphatic heterocycles. The van der Waals surface area contributed by atoms with E-state index < -0.39 is 71.1 Å². The molecule has 1 unspecified atom stereocenters. The summed E-state index contributed by atoms with van der Waals surface area (Å²) in [6.45, 7) is 0.871. The van der Waals surface area contributed by atoms with Crippen LogP contribution < -0.4 is 11.1 Å². The molecule has 0 radical (unpaired) electrons. The maximum Gasteiger partial charge on any atom is 0.426 e.